The number of hydrogen-bond donors (Lipinski definition) is 2. The quantitative estimate of drug-likeness (QED) is 0.186. The fraction of sp³-hybridized carbons (Fsp3) is 0.552. The number of benzene rings is 2. The van der Waals surface area contributed by atoms with Crippen LogP contribution in [0.15, 0.2) is 52.3 Å². The van der Waals surface area contributed by atoms with Crippen LogP contribution in [0, 0.1) is 5.41 Å². The third-order valence-corrected chi connectivity index (χ3v) is 10.8. The zero-order valence-electron chi connectivity index (χ0n) is 22.7. The van der Waals surface area contributed by atoms with Crippen LogP contribution in [-0.2, 0) is 15.3 Å². The minimum atomic E-state index is -3.04. The molecule has 0 fully saturated rings. The van der Waals surface area contributed by atoms with Crippen molar-refractivity contribution < 1.29 is 18.6 Å². The molecule has 0 bridgehead atoms. The molecule has 1 heterocycles. The molecule has 1 aliphatic heterocycles. The second-order valence-corrected chi connectivity index (χ2v) is 13.8. The average Bonchev–Trinajstić information content (AvgIpc) is 2.98. The van der Waals surface area contributed by atoms with E-state index in [1.54, 1.807) is 11.8 Å². The summed E-state index contributed by atoms with van der Waals surface area (Å²) in [6, 6.07) is 14.5. The van der Waals surface area contributed by atoms with Crippen molar-refractivity contribution in [2.75, 3.05) is 35.8 Å². The molecule has 8 heteroatoms. The summed E-state index contributed by atoms with van der Waals surface area (Å²) in [5.41, 5.74) is 2.82. The first-order valence-electron chi connectivity index (χ1n) is 13.3. The van der Waals surface area contributed by atoms with Gasteiger partial charge in [0.1, 0.15) is 0 Å². The molecule has 5 nitrogen and oxygen atoms in total. The number of anilines is 2. The Bertz CT molecular complexity index is 1010. The molecule has 2 aromatic rings. The molecule has 206 valence electrons. The second kappa shape index (κ2) is 14.2. The van der Waals surface area contributed by atoms with E-state index in [4.69, 9.17) is 4.74 Å². The molecular weight excluding hydrogens is 523 g/mol. The zero-order valence-corrected chi connectivity index (χ0v) is 25.2. The number of thioether (sulfide) groups is 2. The molecule has 3 rings (SSSR count). The molecule has 0 saturated heterocycles. The van der Waals surface area contributed by atoms with E-state index >= 15 is 0 Å². The maximum Gasteiger partial charge on any atom is 0.315 e. The third-order valence-electron chi connectivity index (χ3n) is 6.98. The number of nitrogens with zero attached hydrogens (tertiary/aromatic N) is 1. The first-order chi connectivity index (χ1) is 17.8. The van der Waals surface area contributed by atoms with Crippen molar-refractivity contribution in [1.82, 2.24) is 0 Å². The largest absolute Gasteiger partial charge is 0.465 e. The normalized spacial score (nSPS) is 17.1. The predicted octanol–water partition coefficient (Wildman–Crippen LogP) is 8.83. The van der Waals surface area contributed by atoms with Gasteiger partial charge in [-0.05, 0) is 55.9 Å². The summed E-state index contributed by atoms with van der Waals surface area (Å²) < 4.78 is 28.7. The summed E-state index contributed by atoms with van der Waals surface area (Å²) in [4.78, 5) is 15.9. The number of ether oxygens (including phenoxy) is 1. The van der Waals surface area contributed by atoms with E-state index in [0.29, 0.717) is 23.0 Å². The van der Waals surface area contributed by atoms with E-state index in [2.05, 4.69) is 43.2 Å². The van der Waals surface area contributed by atoms with Crippen LogP contribution >= 0.6 is 34.1 Å². The van der Waals surface area contributed by atoms with E-state index in [0.717, 1.165) is 66.9 Å². The molecular formula is C29H43NO4S3. The highest BCUT2D eigenvalue weighted by atomic mass is 32.3. The SMILES string of the molecule is CCCCC1(CCCC)CN(c2ccccc2)c2cc(SC)c(CSCC(=O)OCC)cc2S(O)(O)C1. The van der Waals surface area contributed by atoms with Crippen molar-refractivity contribution >= 4 is 51.5 Å². The summed E-state index contributed by atoms with van der Waals surface area (Å²) in [6.07, 6.45) is 8.33. The van der Waals surface area contributed by atoms with Crippen molar-refractivity contribution in [3.63, 3.8) is 0 Å². The van der Waals surface area contributed by atoms with Crippen LogP contribution in [0.1, 0.15) is 64.9 Å². The molecule has 0 unspecified atom stereocenters. The molecule has 0 aromatic heterocycles. The van der Waals surface area contributed by atoms with E-state index in [1.165, 1.54) is 11.8 Å². The van der Waals surface area contributed by atoms with Crippen LogP contribution in [0.3, 0.4) is 0 Å². The summed E-state index contributed by atoms with van der Waals surface area (Å²) in [7, 11) is -3.04. The van der Waals surface area contributed by atoms with Crippen LogP contribution < -0.4 is 4.90 Å². The molecule has 2 aromatic carbocycles. The Morgan fingerprint density at radius 2 is 1.76 bits per heavy atom. The number of fused-ring (bicyclic) bond motifs is 1. The zero-order chi connectivity index (χ0) is 26.9. The van der Waals surface area contributed by atoms with Crippen molar-refractivity contribution in [1.29, 1.82) is 0 Å². The molecule has 0 atom stereocenters. The molecule has 37 heavy (non-hydrogen) atoms. The minimum Gasteiger partial charge on any atom is -0.465 e. The number of esters is 1. The molecule has 0 aliphatic carbocycles. The van der Waals surface area contributed by atoms with Gasteiger partial charge in [0, 0.05) is 34.0 Å². The van der Waals surface area contributed by atoms with E-state index < -0.39 is 10.6 Å². The predicted molar refractivity (Wildman–Crippen MR) is 162 cm³/mol. The van der Waals surface area contributed by atoms with Crippen LogP contribution in [-0.4, -0.2) is 46.0 Å². The van der Waals surface area contributed by atoms with Crippen molar-refractivity contribution in [2.45, 2.75) is 74.8 Å². The highest BCUT2D eigenvalue weighted by Crippen LogP contribution is 2.61. The van der Waals surface area contributed by atoms with Crippen molar-refractivity contribution in [2.24, 2.45) is 5.41 Å². The van der Waals surface area contributed by atoms with E-state index in [1.807, 2.05) is 31.2 Å². The number of rotatable bonds is 13. The van der Waals surface area contributed by atoms with Gasteiger partial charge in [-0.2, -0.15) is 10.6 Å². The monoisotopic (exact) mass is 565 g/mol. The summed E-state index contributed by atoms with van der Waals surface area (Å²) >= 11 is 3.16. The number of carbonyl (C=O) groups excluding carboxylic acids is 1. The number of hydrogen-bond acceptors (Lipinski definition) is 7. The Morgan fingerprint density at radius 1 is 1.08 bits per heavy atom. The topological polar surface area (TPSA) is 70.0 Å². The van der Waals surface area contributed by atoms with Crippen LogP contribution in [0.5, 0.6) is 0 Å². The maximum absolute atomic E-state index is 11.9. The van der Waals surface area contributed by atoms with Gasteiger partial charge in [-0.15, -0.1) is 23.5 Å². The molecule has 0 radical (unpaired) electrons. The molecule has 2 N–H and O–H groups in total. The highest BCUT2D eigenvalue weighted by Gasteiger charge is 2.42. The fourth-order valence-electron chi connectivity index (χ4n) is 5.15. The van der Waals surface area contributed by atoms with Gasteiger partial charge in [-0.25, -0.2) is 0 Å². The summed E-state index contributed by atoms with van der Waals surface area (Å²) in [6.45, 7) is 7.37. The number of carbonyl (C=O) groups is 1. The van der Waals surface area contributed by atoms with Crippen molar-refractivity contribution in [3.05, 3.63) is 48.0 Å². The van der Waals surface area contributed by atoms with E-state index in [-0.39, 0.29) is 17.1 Å². The molecule has 0 spiro atoms. The lowest BCUT2D eigenvalue weighted by Gasteiger charge is -2.42. The van der Waals surface area contributed by atoms with Crippen molar-refractivity contribution in [3.8, 4) is 0 Å². The Kier molecular flexibility index (Phi) is 11.6. The van der Waals surface area contributed by atoms with Gasteiger partial charge >= 0.3 is 5.97 Å². The van der Waals surface area contributed by atoms with E-state index in [9.17, 15) is 13.9 Å². The van der Waals surface area contributed by atoms with Gasteiger partial charge in [0.15, 0.2) is 0 Å². The Balaban J connectivity index is 2.10. The lowest BCUT2D eigenvalue weighted by atomic mass is 9.79. The first-order valence-corrected chi connectivity index (χ1v) is 17.4. The Hall–Kier alpha value is -1.32. The summed E-state index contributed by atoms with van der Waals surface area (Å²) in [5.74, 6) is 1.07. The molecule has 0 saturated carbocycles. The van der Waals surface area contributed by atoms with Gasteiger partial charge in [0.25, 0.3) is 0 Å². The smallest absolute Gasteiger partial charge is 0.315 e. The van der Waals surface area contributed by atoms with Crippen LogP contribution in [0.4, 0.5) is 11.4 Å². The maximum atomic E-state index is 11.9. The van der Waals surface area contributed by atoms with Gasteiger partial charge in [0.05, 0.1) is 22.9 Å². The third kappa shape index (κ3) is 7.85. The van der Waals surface area contributed by atoms with Gasteiger partial charge in [-0.1, -0.05) is 57.7 Å². The number of unbranched alkanes of at least 4 members (excludes halogenated alkanes) is 2. The average molecular weight is 566 g/mol. The van der Waals surface area contributed by atoms with Gasteiger partial charge < -0.3 is 9.64 Å². The number of para-hydroxylation sites is 1. The summed E-state index contributed by atoms with van der Waals surface area (Å²) in [5, 5.41) is 0. The van der Waals surface area contributed by atoms with Crippen LogP contribution in [0.2, 0.25) is 0 Å². The molecule has 0 amide bonds. The lowest BCUT2D eigenvalue weighted by molar-refractivity contribution is -0.139. The first kappa shape index (κ1) is 30.2. The van der Waals surface area contributed by atoms with Gasteiger partial charge in [0.2, 0.25) is 0 Å². The molecule has 1 aliphatic rings. The second-order valence-electron chi connectivity index (χ2n) is 9.87. The Labute approximate surface area is 233 Å². The minimum absolute atomic E-state index is 0.182. The van der Waals surface area contributed by atoms with Gasteiger partial charge in [-0.3, -0.25) is 13.9 Å². The lowest BCUT2D eigenvalue weighted by Crippen LogP contribution is -2.37. The standard InChI is InChI=1S/C29H43NO4S3/c1-5-8-15-29(16-9-6-2)21-30(24-13-11-10-12-14-24)25-18-26(35-4)23(17-27(25)37(32,33)22-29)19-36-20-28(31)34-7-3/h10-14,17-18,32-33H,5-9,15-16,19-22H2,1-4H3. The highest BCUT2D eigenvalue weighted by molar-refractivity contribution is 8.24. The Morgan fingerprint density at radius 3 is 2.35 bits per heavy atom. The fourth-order valence-corrected chi connectivity index (χ4v) is 8.90. The van der Waals surface area contributed by atoms with Crippen LogP contribution in [0.25, 0.3) is 0 Å².